The van der Waals surface area contributed by atoms with Crippen LogP contribution in [0.3, 0.4) is 0 Å². The summed E-state index contributed by atoms with van der Waals surface area (Å²) in [6, 6.07) is 11.2. The lowest BCUT2D eigenvalue weighted by atomic mass is 10.0. The molecule has 1 N–H and O–H groups in total. The summed E-state index contributed by atoms with van der Waals surface area (Å²) in [5, 5.41) is 6.11. The monoisotopic (exact) mass is 492 g/mol. The molecule has 0 atom stereocenters. The third kappa shape index (κ3) is 4.85. The van der Waals surface area contributed by atoms with Gasteiger partial charge in [-0.05, 0) is 38.0 Å². The highest BCUT2D eigenvalue weighted by Gasteiger charge is 2.27. The van der Waals surface area contributed by atoms with E-state index in [9.17, 15) is 9.59 Å². The van der Waals surface area contributed by atoms with Crippen molar-refractivity contribution in [2.45, 2.75) is 35.9 Å². The highest BCUT2D eigenvalue weighted by Crippen LogP contribution is 2.33. The van der Waals surface area contributed by atoms with Gasteiger partial charge in [-0.3, -0.25) is 14.6 Å². The van der Waals surface area contributed by atoms with Crippen LogP contribution < -0.4 is 5.32 Å². The van der Waals surface area contributed by atoms with Gasteiger partial charge in [0.05, 0.1) is 0 Å². The number of hydrogen-bond acceptors (Lipinski definition) is 7. The van der Waals surface area contributed by atoms with E-state index in [0.29, 0.717) is 48.6 Å². The molecule has 0 bridgehead atoms. The number of benzene rings is 1. The Morgan fingerprint density at radius 3 is 2.68 bits per heavy atom. The first kappa shape index (κ1) is 22.6. The molecule has 5 rings (SSSR count). The SMILES string of the molecule is Cc1csc(SCc2c(C(=O)NC3CCN(C(=O)c4ccncc4)CC3)oc3ccccc23)n1. The first-order valence-corrected chi connectivity index (χ1v) is 13.0. The fourth-order valence-corrected chi connectivity index (χ4v) is 5.99. The van der Waals surface area contributed by atoms with Crippen LogP contribution >= 0.6 is 23.1 Å². The molecule has 2 amide bonds. The molecule has 0 unspecified atom stereocenters. The van der Waals surface area contributed by atoms with E-state index in [-0.39, 0.29) is 17.9 Å². The van der Waals surface area contributed by atoms with Gasteiger partial charge in [-0.15, -0.1) is 11.3 Å². The Hall–Kier alpha value is -3.17. The summed E-state index contributed by atoms with van der Waals surface area (Å²) in [7, 11) is 0. The van der Waals surface area contributed by atoms with Gasteiger partial charge in [0.1, 0.15) is 9.92 Å². The van der Waals surface area contributed by atoms with Crippen LogP contribution in [-0.2, 0) is 5.75 Å². The number of hydrogen-bond donors (Lipinski definition) is 1. The summed E-state index contributed by atoms with van der Waals surface area (Å²) in [6.45, 7) is 3.17. The first-order valence-electron chi connectivity index (χ1n) is 11.1. The minimum atomic E-state index is -0.207. The zero-order valence-corrected chi connectivity index (χ0v) is 20.3. The number of thiazole rings is 1. The predicted octanol–water partition coefficient (Wildman–Crippen LogP) is 4.92. The Labute approximate surface area is 205 Å². The summed E-state index contributed by atoms with van der Waals surface area (Å²) >= 11 is 3.22. The van der Waals surface area contributed by atoms with Gasteiger partial charge in [0.25, 0.3) is 11.8 Å². The number of carbonyl (C=O) groups excluding carboxylic acids is 2. The van der Waals surface area contributed by atoms with Crippen LogP contribution in [0, 0.1) is 6.92 Å². The maximum atomic E-state index is 13.2. The highest BCUT2D eigenvalue weighted by atomic mass is 32.2. The summed E-state index contributed by atoms with van der Waals surface area (Å²) in [5.74, 6) is 0.755. The number of nitrogens with zero attached hydrogens (tertiary/aromatic N) is 3. The number of aryl methyl sites for hydroxylation is 1. The highest BCUT2D eigenvalue weighted by molar-refractivity contribution is 8.00. The number of rotatable bonds is 6. The van der Waals surface area contributed by atoms with E-state index < -0.39 is 0 Å². The minimum Gasteiger partial charge on any atom is -0.451 e. The molecule has 1 fully saturated rings. The lowest BCUT2D eigenvalue weighted by Gasteiger charge is -2.32. The average molecular weight is 493 g/mol. The Morgan fingerprint density at radius 2 is 1.94 bits per heavy atom. The zero-order chi connectivity index (χ0) is 23.5. The van der Waals surface area contributed by atoms with Crippen molar-refractivity contribution in [3.05, 3.63) is 76.8 Å². The fourth-order valence-electron chi connectivity index (χ4n) is 4.11. The Kier molecular flexibility index (Phi) is 6.64. The summed E-state index contributed by atoms with van der Waals surface area (Å²) in [5.41, 5.74) is 3.22. The van der Waals surface area contributed by atoms with Crippen molar-refractivity contribution < 1.29 is 14.0 Å². The molecule has 0 radical (unpaired) electrons. The Balaban J connectivity index is 1.26. The van der Waals surface area contributed by atoms with Crippen molar-refractivity contribution in [3.8, 4) is 0 Å². The fraction of sp³-hybridized carbons (Fsp3) is 0.280. The van der Waals surface area contributed by atoms with E-state index in [1.807, 2.05) is 41.5 Å². The summed E-state index contributed by atoms with van der Waals surface area (Å²) < 4.78 is 6.97. The van der Waals surface area contributed by atoms with Crippen LogP contribution in [0.4, 0.5) is 0 Å². The smallest absolute Gasteiger partial charge is 0.287 e. The quantitative estimate of drug-likeness (QED) is 0.385. The number of pyridine rings is 1. The number of aromatic nitrogens is 2. The summed E-state index contributed by atoms with van der Waals surface area (Å²) in [6.07, 6.45) is 4.65. The second-order valence-corrected chi connectivity index (χ2v) is 10.3. The Morgan fingerprint density at radius 1 is 1.18 bits per heavy atom. The number of fused-ring (bicyclic) bond motifs is 1. The standard InChI is InChI=1S/C25H24N4O3S2/c1-16-14-33-25(27-16)34-15-20-19-4-2-3-5-21(19)32-22(20)23(30)28-18-8-12-29(13-9-18)24(31)17-6-10-26-11-7-17/h2-7,10-11,14,18H,8-9,12-13,15H2,1H3,(H,28,30). The van der Waals surface area contributed by atoms with Crippen LogP contribution in [0.25, 0.3) is 11.0 Å². The van der Waals surface area contributed by atoms with Crippen molar-refractivity contribution in [2.75, 3.05) is 13.1 Å². The third-order valence-electron chi connectivity index (χ3n) is 5.89. The van der Waals surface area contributed by atoms with Gasteiger partial charge < -0.3 is 14.6 Å². The van der Waals surface area contributed by atoms with E-state index in [4.69, 9.17) is 4.42 Å². The molecule has 4 heterocycles. The maximum Gasteiger partial charge on any atom is 0.287 e. The molecule has 4 aromatic rings. The third-order valence-corrected chi connectivity index (χ3v) is 8.05. The van der Waals surface area contributed by atoms with Gasteiger partial charge in [-0.1, -0.05) is 30.0 Å². The largest absolute Gasteiger partial charge is 0.451 e. The number of thioether (sulfide) groups is 1. The molecule has 0 aliphatic carbocycles. The molecular weight excluding hydrogens is 468 g/mol. The molecule has 1 saturated heterocycles. The van der Waals surface area contributed by atoms with E-state index in [0.717, 1.165) is 21.0 Å². The van der Waals surface area contributed by atoms with Crippen molar-refractivity contribution in [3.63, 3.8) is 0 Å². The number of carbonyl (C=O) groups is 2. The van der Waals surface area contributed by atoms with E-state index in [2.05, 4.69) is 15.3 Å². The second-order valence-electron chi connectivity index (χ2n) is 8.23. The molecule has 1 aliphatic rings. The van der Waals surface area contributed by atoms with Crippen molar-refractivity contribution in [1.29, 1.82) is 0 Å². The second kappa shape index (κ2) is 9.99. The van der Waals surface area contributed by atoms with Crippen LogP contribution in [-0.4, -0.2) is 45.8 Å². The first-order chi connectivity index (χ1) is 16.6. The van der Waals surface area contributed by atoms with Crippen LogP contribution in [0.15, 0.2) is 62.9 Å². The number of furan rings is 1. The predicted molar refractivity (Wildman–Crippen MR) is 133 cm³/mol. The van der Waals surface area contributed by atoms with Crippen LogP contribution in [0.1, 0.15) is 45.0 Å². The lowest BCUT2D eigenvalue weighted by Crippen LogP contribution is -2.46. The Bertz CT molecular complexity index is 1310. The van der Waals surface area contributed by atoms with E-state index in [1.165, 1.54) is 0 Å². The minimum absolute atomic E-state index is 0.00111. The van der Waals surface area contributed by atoms with Gasteiger partial charge in [-0.2, -0.15) is 0 Å². The van der Waals surface area contributed by atoms with Gasteiger partial charge >= 0.3 is 0 Å². The molecule has 174 valence electrons. The maximum absolute atomic E-state index is 13.2. The van der Waals surface area contributed by atoms with Crippen molar-refractivity contribution in [1.82, 2.24) is 20.2 Å². The number of para-hydroxylation sites is 1. The molecule has 0 spiro atoms. The van der Waals surface area contributed by atoms with Crippen molar-refractivity contribution >= 4 is 45.9 Å². The number of nitrogens with one attached hydrogen (secondary N) is 1. The van der Waals surface area contributed by atoms with E-state index in [1.54, 1.807) is 47.6 Å². The number of likely N-dealkylation sites (tertiary alicyclic amines) is 1. The van der Waals surface area contributed by atoms with Crippen molar-refractivity contribution in [2.24, 2.45) is 0 Å². The molecule has 1 aliphatic heterocycles. The zero-order valence-electron chi connectivity index (χ0n) is 18.7. The molecule has 34 heavy (non-hydrogen) atoms. The molecule has 0 saturated carbocycles. The number of amides is 2. The molecule has 7 nitrogen and oxygen atoms in total. The number of piperidine rings is 1. The van der Waals surface area contributed by atoms with Gasteiger partial charge in [0.2, 0.25) is 0 Å². The lowest BCUT2D eigenvalue weighted by molar-refractivity contribution is 0.0695. The molecule has 3 aromatic heterocycles. The molecular formula is C25H24N4O3S2. The summed E-state index contributed by atoms with van der Waals surface area (Å²) in [4.78, 5) is 36.2. The van der Waals surface area contributed by atoms with E-state index >= 15 is 0 Å². The van der Waals surface area contributed by atoms with Crippen LogP contribution in [0.5, 0.6) is 0 Å². The van der Waals surface area contributed by atoms with Gasteiger partial charge in [0.15, 0.2) is 5.76 Å². The average Bonchev–Trinajstić information content (AvgIpc) is 3.46. The van der Waals surface area contributed by atoms with Crippen LogP contribution in [0.2, 0.25) is 0 Å². The van der Waals surface area contributed by atoms with Gasteiger partial charge in [0, 0.05) is 64.9 Å². The molecule has 9 heteroatoms. The molecule has 1 aromatic carbocycles. The topological polar surface area (TPSA) is 88.3 Å². The van der Waals surface area contributed by atoms with Gasteiger partial charge in [-0.25, -0.2) is 4.98 Å². The normalized spacial score (nSPS) is 14.4.